The third-order valence-electron chi connectivity index (χ3n) is 3.81. The number of hydrogen-bond acceptors (Lipinski definition) is 4. The molecule has 1 N–H and O–H groups in total. The van der Waals surface area contributed by atoms with Crippen LogP contribution < -0.4 is 10.2 Å². The molecule has 0 radical (unpaired) electrons. The molecule has 1 heterocycles. The van der Waals surface area contributed by atoms with E-state index in [1.54, 1.807) is 11.9 Å². The molecule has 0 amide bonds. The minimum absolute atomic E-state index is 0.158. The fraction of sp³-hybridized carbons (Fsp3) is 0.533. The van der Waals surface area contributed by atoms with Crippen molar-refractivity contribution < 1.29 is 18.3 Å². The summed E-state index contributed by atoms with van der Waals surface area (Å²) < 4.78 is 32.5. The maximum Gasteiger partial charge on any atom is 0.340 e. The molecule has 4 nitrogen and oxygen atoms in total. The number of anilines is 1. The molecule has 2 rings (SSSR count). The van der Waals surface area contributed by atoms with Crippen molar-refractivity contribution in [2.24, 2.45) is 5.92 Å². The van der Waals surface area contributed by atoms with Crippen LogP contribution in [0.5, 0.6) is 0 Å². The Bertz CT molecular complexity index is 517. The van der Waals surface area contributed by atoms with E-state index in [2.05, 4.69) is 10.1 Å². The summed E-state index contributed by atoms with van der Waals surface area (Å²) in [6, 6.07) is 2.68. The van der Waals surface area contributed by atoms with E-state index < -0.39 is 17.6 Å². The Labute approximate surface area is 123 Å². The number of esters is 1. The first-order valence-electron chi connectivity index (χ1n) is 7.02. The Balaban J connectivity index is 2.15. The van der Waals surface area contributed by atoms with Crippen LogP contribution in [0.2, 0.25) is 0 Å². The van der Waals surface area contributed by atoms with E-state index in [0.29, 0.717) is 12.5 Å². The summed E-state index contributed by atoms with van der Waals surface area (Å²) in [4.78, 5) is 13.0. The van der Waals surface area contributed by atoms with Crippen LogP contribution in [-0.2, 0) is 4.74 Å². The number of carbonyl (C=O) groups is 1. The van der Waals surface area contributed by atoms with Gasteiger partial charge >= 0.3 is 5.97 Å². The highest BCUT2D eigenvalue weighted by Gasteiger charge is 2.22. The molecule has 1 aromatic carbocycles. The van der Waals surface area contributed by atoms with Crippen molar-refractivity contribution in [3.8, 4) is 0 Å². The van der Waals surface area contributed by atoms with E-state index in [1.807, 2.05) is 0 Å². The summed E-state index contributed by atoms with van der Waals surface area (Å²) in [6.45, 7) is 2.53. The highest BCUT2D eigenvalue weighted by molar-refractivity contribution is 5.90. The predicted molar refractivity (Wildman–Crippen MR) is 76.6 cm³/mol. The lowest BCUT2D eigenvalue weighted by atomic mass is 9.99. The SMILES string of the molecule is COC(=O)c1ccc(N(C)CC2CCCNC2)c(F)c1F. The zero-order valence-electron chi connectivity index (χ0n) is 12.3. The Morgan fingerprint density at radius 2 is 2.19 bits per heavy atom. The maximum absolute atomic E-state index is 14.1. The molecule has 0 aliphatic carbocycles. The lowest BCUT2D eigenvalue weighted by molar-refractivity contribution is 0.0594. The van der Waals surface area contributed by atoms with Crippen LogP contribution in [0.3, 0.4) is 0 Å². The van der Waals surface area contributed by atoms with Crippen molar-refractivity contribution in [2.45, 2.75) is 12.8 Å². The highest BCUT2D eigenvalue weighted by Crippen LogP contribution is 2.25. The molecule has 0 saturated carbocycles. The minimum Gasteiger partial charge on any atom is -0.465 e. The number of rotatable bonds is 4. The lowest BCUT2D eigenvalue weighted by Gasteiger charge is -2.29. The van der Waals surface area contributed by atoms with E-state index in [1.165, 1.54) is 12.1 Å². The van der Waals surface area contributed by atoms with Crippen molar-refractivity contribution in [2.75, 3.05) is 38.7 Å². The number of nitrogens with one attached hydrogen (secondary N) is 1. The fourth-order valence-corrected chi connectivity index (χ4v) is 2.67. The van der Waals surface area contributed by atoms with Crippen LogP contribution in [0.25, 0.3) is 0 Å². The number of hydrogen-bond donors (Lipinski definition) is 1. The number of benzene rings is 1. The molecule has 0 spiro atoms. The number of carbonyl (C=O) groups excluding carboxylic acids is 1. The Morgan fingerprint density at radius 3 is 2.81 bits per heavy atom. The number of nitrogens with zero attached hydrogens (tertiary/aromatic N) is 1. The summed E-state index contributed by atoms with van der Waals surface area (Å²) in [5.74, 6) is -2.64. The van der Waals surface area contributed by atoms with Gasteiger partial charge in [-0.1, -0.05) is 0 Å². The first-order chi connectivity index (χ1) is 10.0. The van der Waals surface area contributed by atoms with Gasteiger partial charge in [-0.3, -0.25) is 0 Å². The maximum atomic E-state index is 14.1. The van der Waals surface area contributed by atoms with Gasteiger partial charge in [0.2, 0.25) is 0 Å². The first kappa shape index (κ1) is 15.7. The van der Waals surface area contributed by atoms with Crippen LogP contribution >= 0.6 is 0 Å². The summed E-state index contributed by atoms with van der Waals surface area (Å²) in [5, 5.41) is 3.29. The lowest BCUT2D eigenvalue weighted by Crippen LogP contribution is -2.37. The number of halogens is 2. The molecule has 0 aromatic heterocycles. The average Bonchev–Trinajstić information content (AvgIpc) is 2.50. The van der Waals surface area contributed by atoms with E-state index in [0.717, 1.165) is 33.0 Å². The molecule has 1 fully saturated rings. The Kier molecular flexibility index (Phi) is 5.12. The quantitative estimate of drug-likeness (QED) is 0.865. The van der Waals surface area contributed by atoms with Gasteiger partial charge in [0.05, 0.1) is 18.4 Å². The van der Waals surface area contributed by atoms with Crippen LogP contribution in [0, 0.1) is 17.6 Å². The van der Waals surface area contributed by atoms with Crippen LogP contribution in [0.15, 0.2) is 12.1 Å². The van der Waals surface area contributed by atoms with Crippen molar-refractivity contribution >= 4 is 11.7 Å². The zero-order chi connectivity index (χ0) is 15.4. The largest absolute Gasteiger partial charge is 0.465 e. The number of ether oxygens (including phenoxy) is 1. The van der Waals surface area contributed by atoms with Crippen LogP contribution in [-0.4, -0.2) is 39.8 Å². The van der Waals surface area contributed by atoms with Crippen molar-refractivity contribution in [1.29, 1.82) is 0 Å². The van der Waals surface area contributed by atoms with Gasteiger partial charge in [0.15, 0.2) is 11.6 Å². The van der Waals surface area contributed by atoms with Crippen LogP contribution in [0.4, 0.5) is 14.5 Å². The normalized spacial score (nSPS) is 18.4. The van der Waals surface area contributed by atoms with E-state index >= 15 is 0 Å². The van der Waals surface area contributed by atoms with Gasteiger partial charge in [0.25, 0.3) is 0 Å². The summed E-state index contributed by atoms with van der Waals surface area (Å²) in [6.07, 6.45) is 2.16. The smallest absolute Gasteiger partial charge is 0.340 e. The van der Waals surface area contributed by atoms with Gasteiger partial charge in [0, 0.05) is 13.6 Å². The van der Waals surface area contributed by atoms with Gasteiger partial charge in [-0.05, 0) is 44.0 Å². The molecule has 21 heavy (non-hydrogen) atoms. The van der Waals surface area contributed by atoms with Crippen LogP contribution in [0.1, 0.15) is 23.2 Å². The second-order valence-corrected chi connectivity index (χ2v) is 5.34. The number of piperidine rings is 1. The number of methoxy groups -OCH3 is 1. The monoisotopic (exact) mass is 298 g/mol. The second-order valence-electron chi connectivity index (χ2n) is 5.34. The molecule has 0 bridgehead atoms. The van der Waals surface area contributed by atoms with Gasteiger partial charge < -0.3 is 15.0 Å². The average molecular weight is 298 g/mol. The van der Waals surface area contributed by atoms with E-state index in [4.69, 9.17) is 0 Å². The van der Waals surface area contributed by atoms with Crippen molar-refractivity contribution in [3.05, 3.63) is 29.3 Å². The third kappa shape index (κ3) is 3.50. The molecule has 6 heteroatoms. The van der Waals surface area contributed by atoms with Crippen molar-refractivity contribution in [1.82, 2.24) is 5.32 Å². The van der Waals surface area contributed by atoms with Gasteiger partial charge in [-0.25, -0.2) is 13.6 Å². The third-order valence-corrected chi connectivity index (χ3v) is 3.81. The molecule has 1 aromatic rings. The molecular formula is C15H20F2N2O2. The first-order valence-corrected chi connectivity index (χ1v) is 7.02. The highest BCUT2D eigenvalue weighted by atomic mass is 19.2. The molecule has 116 valence electrons. The molecule has 1 saturated heterocycles. The topological polar surface area (TPSA) is 41.6 Å². The summed E-state index contributed by atoms with van der Waals surface area (Å²) in [7, 11) is 2.86. The predicted octanol–water partition coefficient (Wildman–Crippen LogP) is 2.19. The molecule has 1 unspecified atom stereocenters. The van der Waals surface area contributed by atoms with Gasteiger partial charge in [-0.15, -0.1) is 0 Å². The minimum atomic E-state index is -1.16. The fourth-order valence-electron chi connectivity index (χ4n) is 2.67. The molecular weight excluding hydrogens is 278 g/mol. The standard InChI is InChI=1S/C15H20F2N2O2/c1-19(9-10-4-3-7-18-8-10)12-6-5-11(15(20)21-2)13(16)14(12)17/h5-6,10,18H,3-4,7-9H2,1-2H3. The van der Waals surface area contributed by atoms with Crippen molar-refractivity contribution in [3.63, 3.8) is 0 Å². The Hall–Kier alpha value is -1.69. The molecule has 1 atom stereocenters. The summed E-state index contributed by atoms with van der Waals surface area (Å²) >= 11 is 0. The Morgan fingerprint density at radius 1 is 1.43 bits per heavy atom. The molecule has 1 aliphatic heterocycles. The summed E-state index contributed by atoms with van der Waals surface area (Å²) in [5.41, 5.74) is -0.225. The zero-order valence-corrected chi connectivity index (χ0v) is 12.3. The van der Waals surface area contributed by atoms with Gasteiger partial charge in [0.1, 0.15) is 0 Å². The van der Waals surface area contributed by atoms with E-state index in [9.17, 15) is 13.6 Å². The van der Waals surface area contributed by atoms with E-state index in [-0.39, 0.29) is 11.3 Å². The van der Waals surface area contributed by atoms with Gasteiger partial charge in [-0.2, -0.15) is 0 Å². The second kappa shape index (κ2) is 6.85. The molecule has 1 aliphatic rings.